The second-order valence-electron chi connectivity index (χ2n) is 7.27. The lowest BCUT2D eigenvalue weighted by Crippen LogP contribution is -2.59. The molecule has 1 aliphatic heterocycles. The van der Waals surface area contributed by atoms with Gasteiger partial charge in [-0.25, -0.2) is 0 Å². The zero-order chi connectivity index (χ0) is 18.0. The summed E-state index contributed by atoms with van der Waals surface area (Å²) in [7, 11) is 0. The maximum absolute atomic E-state index is 12.3. The minimum Gasteiger partial charge on any atom is -0.394 e. The zero-order valence-electron chi connectivity index (χ0n) is 15.9. The summed E-state index contributed by atoms with van der Waals surface area (Å²) in [5.74, 6) is 0.644. The molecular weight excluding hydrogens is 306 g/mol. The Morgan fingerprint density at radius 1 is 1.29 bits per heavy atom. The molecule has 1 heterocycles. The van der Waals surface area contributed by atoms with E-state index in [0.29, 0.717) is 19.1 Å². The Hall–Kier alpha value is -0.690. The van der Waals surface area contributed by atoms with Gasteiger partial charge >= 0.3 is 0 Å². The van der Waals surface area contributed by atoms with Gasteiger partial charge in [0.15, 0.2) is 0 Å². The predicted octanol–water partition coefficient (Wildman–Crippen LogP) is 0.990. The number of carbonyl (C=O) groups is 1. The quantitative estimate of drug-likeness (QED) is 0.488. The molecule has 0 aliphatic carbocycles. The second kappa shape index (κ2) is 11.0. The molecule has 1 saturated heterocycles. The molecule has 142 valence electrons. The summed E-state index contributed by atoms with van der Waals surface area (Å²) >= 11 is 0. The summed E-state index contributed by atoms with van der Waals surface area (Å²) in [6.07, 6.45) is 2.59. The van der Waals surface area contributed by atoms with E-state index in [2.05, 4.69) is 29.4 Å². The van der Waals surface area contributed by atoms with Gasteiger partial charge in [-0.1, -0.05) is 13.8 Å². The van der Waals surface area contributed by atoms with Crippen molar-refractivity contribution in [3.8, 4) is 0 Å². The Balaban J connectivity index is 2.35. The average molecular weight is 344 g/mol. The lowest BCUT2D eigenvalue weighted by molar-refractivity contribution is -0.126. The van der Waals surface area contributed by atoms with Crippen LogP contribution in [-0.4, -0.2) is 73.5 Å². The number of hydrogen-bond acceptors (Lipinski definition) is 5. The predicted molar refractivity (Wildman–Crippen MR) is 97.0 cm³/mol. The average Bonchev–Trinajstić information content (AvgIpc) is 2.59. The van der Waals surface area contributed by atoms with Crippen LogP contribution >= 0.6 is 0 Å². The Kier molecular flexibility index (Phi) is 9.81. The van der Waals surface area contributed by atoms with E-state index in [4.69, 9.17) is 4.74 Å². The number of piperidine rings is 1. The maximum Gasteiger partial charge on any atom is 0.237 e. The summed E-state index contributed by atoms with van der Waals surface area (Å²) in [4.78, 5) is 14.5. The number of amides is 1. The van der Waals surface area contributed by atoms with Gasteiger partial charge in [0.2, 0.25) is 5.91 Å². The van der Waals surface area contributed by atoms with Crippen molar-refractivity contribution in [2.24, 2.45) is 5.92 Å². The third-order valence-corrected chi connectivity index (χ3v) is 4.84. The first-order valence-electron chi connectivity index (χ1n) is 9.39. The molecule has 1 aliphatic rings. The van der Waals surface area contributed by atoms with E-state index in [9.17, 15) is 9.90 Å². The van der Waals surface area contributed by atoms with Gasteiger partial charge in [0.1, 0.15) is 0 Å². The van der Waals surface area contributed by atoms with E-state index in [0.717, 1.165) is 45.5 Å². The Labute approximate surface area is 147 Å². The third kappa shape index (κ3) is 7.05. The van der Waals surface area contributed by atoms with Gasteiger partial charge in [-0.3, -0.25) is 9.69 Å². The smallest absolute Gasteiger partial charge is 0.237 e. The lowest BCUT2D eigenvalue weighted by atomic mass is 9.87. The number of aliphatic hydroxyl groups is 1. The van der Waals surface area contributed by atoms with Crippen LogP contribution in [0, 0.1) is 5.92 Å². The Bertz CT molecular complexity index is 355. The number of aliphatic hydroxyl groups excluding tert-OH is 1. The molecular formula is C18H37N3O3. The van der Waals surface area contributed by atoms with Gasteiger partial charge in [-0.15, -0.1) is 0 Å². The fourth-order valence-electron chi connectivity index (χ4n) is 2.99. The fourth-order valence-corrected chi connectivity index (χ4v) is 2.99. The van der Waals surface area contributed by atoms with Gasteiger partial charge in [-0.2, -0.15) is 0 Å². The molecule has 0 radical (unpaired) electrons. The molecule has 6 nitrogen and oxygen atoms in total. The van der Waals surface area contributed by atoms with Crippen molar-refractivity contribution in [2.45, 2.75) is 58.5 Å². The van der Waals surface area contributed by atoms with Crippen LogP contribution in [0.3, 0.4) is 0 Å². The molecule has 1 unspecified atom stereocenters. The van der Waals surface area contributed by atoms with Gasteiger partial charge in [0, 0.05) is 38.4 Å². The van der Waals surface area contributed by atoms with E-state index in [1.54, 1.807) is 0 Å². The molecule has 1 amide bonds. The molecule has 3 N–H and O–H groups in total. The summed E-state index contributed by atoms with van der Waals surface area (Å²) in [5, 5.41) is 16.3. The van der Waals surface area contributed by atoms with Gasteiger partial charge in [0.25, 0.3) is 0 Å². The molecule has 1 rings (SSSR count). The highest BCUT2D eigenvalue weighted by Crippen LogP contribution is 2.23. The molecule has 0 bridgehead atoms. The molecule has 1 atom stereocenters. The first-order chi connectivity index (χ1) is 11.4. The van der Waals surface area contributed by atoms with Gasteiger partial charge in [-0.05, 0) is 45.6 Å². The molecule has 0 saturated carbocycles. The van der Waals surface area contributed by atoms with E-state index >= 15 is 0 Å². The number of nitrogens with zero attached hydrogens (tertiary/aromatic N) is 1. The number of nitrogens with one attached hydrogen (secondary N) is 2. The van der Waals surface area contributed by atoms with Crippen molar-refractivity contribution in [1.29, 1.82) is 0 Å². The molecule has 1 fully saturated rings. The summed E-state index contributed by atoms with van der Waals surface area (Å²) in [5.41, 5.74) is -0.186. The Morgan fingerprint density at radius 2 is 1.96 bits per heavy atom. The molecule has 6 heteroatoms. The standard InChI is InChI=1S/C18H37N3O3/c1-5-24-12-6-9-19-17(23)16(4)21-10-7-18(14-22,8-11-21)20-13-15(2)3/h15-16,20,22H,5-14H2,1-4H3,(H,19,23). The molecule has 0 aromatic carbocycles. The van der Waals surface area contributed by atoms with Gasteiger partial charge in [0.05, 0.1) is 12.6 Å². The number of rotatable bonds is 11. The lowest BCUT2D eigenvalue weighted by Gasteiger charge is -2.43. The van der Waals surface area contributed by atoms with Crippen molar-refractivity contribution in [3.63, 3.8) is 0 Å². The van der Waals surface area contributed by atoms with Crippen LogP contribution in [-0.2, 0) is 9.53 Å². The van der Waals surface area contributed by atoms with E-state index in [-0.39, 0.29) is 24.1 Å². The first kappa shape index (κ1) is 21.4. The maximum atomic E-state index is 12.3. The minimum absolute atomic E-state index is 0.0816. The number of likely N-dealkylation sites (tertiary alicyclic amines) is 1. The van der Waals surface area contributed by atoms with Crippen LogP contribution in [0.15, 0.2) is 0 Å². The van der Waals surface area contributed by atoms with Crippen LogP contribution in [0.2, 0.25) is 0 Å². The topological polar surface area (TPSA) is 73.8 Å². The highest BCUT2D eigenvalue weighted by atomic mass is 16.5. The first-order valence-corrected chi connectivity index (χ1v) is 9.39. The third-order valence-electron chi connectivity index (χ3n) is 4.84. The van der Waals surface area contributed by atoms with Gasteiger partial charge < -0.3 is 20.5 Å². The van der Waals surface area contributed by atoms with E-state index in [1.807, 2.05) is 13.8 Å². The summed E-state index contributed by atoms with van der Waals surface area (Å²) in [6.45, 7) is 13.1. The number of carbonyl (C=O) groups excluding carboxylic acids is 1. The molecule has 0 spiro atoms. The monoisotopic (exact) mass is 343 g/mol. The molecule has 24 heavy (non-hydrogen) atoms. The Morgan fingerprint density at radius 3 is 2.50 bits per heavy atom. The van der Waals surface area contributed by atoms with E-state index in [1.165, 1.54) is 0 Å². The SMILES string of the molecule is CCOCCCNC(=O)C(C)N1CCC(CO)(NCC(C)C)CC1. The minimum atomic E-state index is -0.186. The molecule has 0 aromatic heterocycles. The number of ether oxygens (including phenoxy) is 1. The normalized spacial score (nSPS) is 19.4. The summed E-state index contributed by atoms with van der Waals surface area (Å²) in [6, 6.07) is -0.126. The van der Waals surface area contributed by atoms with Crippen molar-refractivity contribution in [2.75, 3.05) is 46.0 Å². The second-order valence-corrected chi connectivity index (χ2v) is 7.27. The highest BCUT2D eigenvalue weighted by molar-refractivity contribution is 5.81. The zero-order valence-corrected chi connectivity index (χ0v) is 15.9. The van der Waals surface area contributed by atoms with Crippen LogP contribution in [0.4, 0.5) is 0 Å². The van der Waals surface area contributed by atoms with Crippen molar-refractivity contribution in [3.05, 3.63) is 0 Å². The van der Waals surface area contributed by atoms with Crippen LogP contribution < -0.4 is 10.6 Å². The largest absolute Gasteiger partial charge is 0.394 e. The number of hydrogen-bond donors (Lipinski definition) is 3. The highest BCUT2D eigenvalue weighted by Gasteiger charge is 2.36. The fraction of sp³-hybridized carbons (Fsp3) is 0.944. The van der Waals surface area contributed by atoms with Crippen LogP contribution in [0.25, 0.3) is 0 Å². The van der Waals surface area contributed by atoms with Crippen molar-refractivity contribution >= 4 is 5.91 Å². The van der Waals surface area contributed by atoms with Crippen LogP contribution in [0.5, 0.6) is 0 Å². The summed E-state index contributed by atoms with van der Waals surface area (Å²) < 4.78 is 5.27. The van der Waals surface area contributed by atoms with E-state index < -0.39 is 0 Å². The molecule has 0 aromatic rings. The van der Waals surface area contributed by atoms with Crippen molar-refractivity contribution in [1.82, 2.24) is 15.5 Å². The van der Waals surface area contributed by atoms with Crippen molar-refractivity contribution < 1.29 is 14.6 Å². The van der Waals surface area contributed by atoms with Crippen LogP contribution in [0.1, 0.15) is 47.0 Å².